The molecule has 1 aliphatic rings. The summed E-state index contributed by atoms with van der Waals surface area (Å²) < 4.78 is 0. The van der Waals surface area contributed by atoms with Gasteiger partial charge in [0, 0.05) is 6.61 Å². The van der Waals surface area contributed by atoms with Crippen LogP contribution in [-0.2, 0) is 0 Å². The van der Waals surface area contributed by atoms with Gasteiger partial charge in [-0.3, -0.25) is 0 Å². The highest BCUT2D eigenvalue weighted by molar-refractivity contribution is 5.03. The Balaban J connectivity index is 2.61. The molecule has 0 heterocycles. The van der Waals surface area contributed by atoms with Gasteiger partial charge in [0.2, 0.25) is 0 Å². The number of rotatable bonds is 2. The molecule has 64 valence electrons. The van der Waals surface area contributed by atoms with Crippen molar-refractivity contribution in [3.8, 4) is 0 Å². The van der Waals surface area contributed by atoms with E-state index in [4.69, 9.17) is 5.11 Å². The van der Waals surface area contributed by atoms with Gasteiger partial charge in [0.1, 0.15) is 0 Å². The maximum atomic E-state index is 9.11. The minimum atomic E-state index is 0.332. The first kappa shape index (κ1) is 8.79. The molecule has 1 fully saturated rings. The molecule has 0 aliphatic heterocycles. The van der Waals surface area contributed by atoms with Gasteiger partial charge in [-0.2, -0.15) is 0 Å². The molecular weight excluding hydrogens is 136 g/mol. The lowest BCUT2D eigenvalue weighted by Gasteiger charge is -2.20. The van der Waals surface area contributed by atoms with Gasteiger partial charge in [0.05, 0.1) is 0 Å². The summed E-state index contributed by atoms with van der Waals surface area (Å²) in [5.74, 6) is 1.74. The van der Waals surface area contributed by atoms with Crippen LogP contribution in [-0.4, -0.2) is 11.7 Å². The maximum Gasteiger partial charge on any atom is 0.0467 e. The number of aliphatic hydroxyl groups is 1. The first-order chi connectivity index (χ1) is 5.16. The van der Waals surface area contributed by atoms with Gasteiger partial charge in [0.25, 0.3) is 0 Å². The van der Waals surface area contributed by atoms with Crippen LogP contribution in [0.5, 0.6) is 0 Å². The zero-order chi connectivity index (χ0) is 8.43. The van der Waals surface area contributed by atoms with E-state index in [2.05, 4.69) is 20.4 Å². The molecule has 0 aromatic heterocycles. The van der Waals surface area contributed by atoms with Gasteiger partial charge in [-0.15, -0.1) is 0 Å². The largest absolute Gasteiger partial charge is 0.396 e. The van der Waals surface area contributed by atoms with Crippen LogP contribution in [0.3, 0.4) is 0 Å². The summed E-state index contributed by atoms with van der Waals surface area (Å²) in [6.07, 6.45) is 2.48. The third-order valence-electron chi connectivity index (χ3n) is 3.02. The van der Waals surface area contributed by atoms with Crippen LogP contribution in [0, 0.1) is 17.8 Å². The van der Waals surface area contributed by atoms with Crippen LogP contribution in [0.2, 0.25) is 0 Å². The molecule has 11 heavy (non-hydrogen) atoms. The molecule has 0 amide bonds. The number of allylic oxidation sites excluding steroid dienone is 1. The molecule has 0 aromatic rings. The van der Waals surface area contributed by atoms with Crippen molar-refractivity contribution >= 4 is 0 Å². The molecule has 1 N–H and O–H groups in total. The Morgan fingerprint density at radius 1 is 1.55 bits per heavy atom. The molecule has 3 atom stereocenters. The van der Waals surface area contributed by atoms with Gasteiger partial charge < -0.3 is 5.11 Å². The van der Waals surface area contributed by atoms with E-state index in [9.17, 15) is 0 Å². The maximum absolute atomic E-state index is 9.11. The van der Waals surface area contributed by atoms with Crippen molar-refractivity contribution in [1.29, 1.82) is 0 Å². The molecule has 0 spiro atoms. The van der Waals surface area contributed by atoms with Crippen molar-refractivity contribution in [1.82, 2.24) is 0 Å². The number of hydrogen-bond donors (Lipinski definition) is 1. The number of hydrogen-bond acceptors (Lipinski definition) is 1. The average molecular weight is 154 g/mol. The van der Waals surface area contributed by atoms with E-state index in [-0.39, 0.29) is 0 Å². The first-order valence-corrected chi connectivity index (χ1v) is 4.43. The predicted molar refractivity (Wildman–Crippen MR) is 47.3 cm³/mol. The minimum absolute atomic E-state index is 0.332. The molecule has 0 bridgehead atoms. The lowest BCUT2D eigenvalue weighted by Crippen LogP contribution is -2.17. The summed E-state index contributed by atoms with van der Waals surface area (Å²) >= 11 is 0. The van der Waals surface area contributed by atoms with E-state index in [0.29, 0.717) is 24.4 Å². The Kier molecular flexibility index (Phi) is 2.72. The molecule has 0 unspecified atom stereocenters. The van der Waals surface area contributed by atoms with Crippen LogP contribution in [0.25, 0.3) is 0 Å². The van der Waals surface area contributed by atoms with Gasteiger partial charge in [0.15, 0.2) is 0 Å². The molecule has 0 radical (unpaired) electrons. The van der Waals surface area contributed by atoms with Crippen molar-refractivity contribution in [3.63, 3.8) is 0 Å². The third-order valence-corrected chi connectivity index (χ3v) is 3.02. The molecular formula is C10H18O. The highest BCUT2D eigenvalue weighted by Gasteiger charge is 2.32. The van der Waals surface area contributed by atoms with Gasteiger partial charge in [-0.05, 0) is 37.5 Å². The second kappa shape index (κ2) is 3.40. The van der Waals surface area contributed by atoms with Crippen LogP contribution >= 0.6 is 0 Å². The van der Waals surface area contributed by atoms with Gasteiger partial charge in [-0.1, -0.05) is 19.1 Å². The summed E-state index contributed by atoms with van der Waals surface area (Å²) in [7, 11) is 0. The Hall–Kier alpha value is -0.300. The topological polar surface area (TPSA) is 20.2 Å². The van der Waals surface area contributed by atoms with Crippen molar-refractivity contribution in [2.75, 3.05) is 6.61 Å². The van der Waals surface area contributed by atoms with Crippen LogP contribution in [0.15, 0.2) is 12.2 Å². The van der Waals surface area contributed by atoms with Gasteiger partial charge >= 0.3 is 0 Å². The molecule has 1 heteroatoms. The fraction of sp³-hybridized carbons (Fsp3) is 0.800. The van der Waals surface area contributed by atoms with E-state index < -0.39 is 0 Å². The van der Waals surface area contributed by atoms with E-state index in [1.807, 2.05) is 0 Å². The summed E-state index contributed by atoms with van der Waals surface area (Å²) in [5, 5.41) is 9.11. The Labute approximate surface area is 69.1 Å². The van der Waals surface area contributed by atoms with Crippen molar-refractivity contribution in [2.45, 2.75) is 26.7 Å². The highest BCUT2D eigenvalue weighted by atomic mass is 16.3. The summed E-state index contributed by atoms with van der Waals surface area (Å²) in [6.45, 7) is 8.59. The molecule has 1 rings (SSSR count). The zero-order valence-corrected chi connectivity index (χ0v) is 7.51. The third kappa shape index (κ3) is 1.64. The van der Waals surface area contributed by atoms with Crippen LogP contribution in [0.4, 0.5) is 0 Å². The minimum Gasteiger partial charge on any atom is -0.396 e. The fourth-order valence-electron chi connectivity index (χ4n) is 2.19. The van der Waals surface area contributed by atoms with E-state index >= 15 is 0 Å². The van der Waals surface area contributed by atoms with E-state index in [1.165, 1.54) is 18.4 Å². The zero-order valence-electron chi connectivity index (χ0n) is 7.51. The van der Waals surface area contributed by atoms with E-state index in [1.54, 1.807) is 0 Å². The lowest BCUT2D eigenvalue weighted by molar-refractivity contribution is 0.178. The average Bonchev–Trinajstić information content (AvgIpc) is 2.30. The van der Waals surface area contributed by atoms with E-state index in [0.717, 1.165) is 0 Å². The SMILES string of the molecule is C=C(C)[C@@H]1CC[C@H](C)[C@H]1CO. The molecule has 1 nitrogen and oxygen atoms in total. The Bertz CT molecular complexity index is 151. The lowest BCUT2D eigenvalue weighted by atomic mass is 9.87. The smallest absolute Gasteiger partial charge is 0.0467 e. The molecule has 0 saturated heterocycles. The summed E-state index contributed by atoms with van der Waals surface area (Å²) in [4.78, 5) is 0. The van der Waals surface area contributed by atoms with Crippen LogP contribution in [0.1, 0.15) is 26.7 Å². The monoisotopic (exact) mass is 154 g/mol. The second-order valence-electron chi connectivity index (χ2n) is 3.85. The highest BCUT2D eigenvalue weighted by Crippen LogP contribution is 2.39. The van der Waals surface area contributed by atoms with Crippen LogP contribution < -0.4 is 0 Å². The fourth-order valence-corrected chi connectivity index (χ4v) is 2.19. The Morgan fingerprint density at radius 2 is 2.18 bits per heavy atom. The van der Waals surface area contributed by atoms with Gasteiger partial charge in [-0.25, -0.2) is 0 Å². The predicted octanol–water partition coefficient (Wildman–Crippen LogP) is 2.22. The summed E-state index contributed by atoms with van der Waals surface area (Å²) in [5.41, 5.74) is 1.24. The molecule has 1 saturated carbocycles. The van der Waals surface area contributed by atoms with Crippen molar-refractivity contribution < 1.29 is 5.11 Å². The quantitative estimate of drug-likeness (QED) is 0.605. The van der Waals surface area contributed by atoms with Crippen molar-refractivity contribution in [2.24, 2.45) is 17.8 Å². The van der Waals surface area contributed by atoms with Crippen molar-refractivity contribution in [3.05, 3.63) is 12.2 Å². The molecule has 0 aromatic carbocycles. The second-order valence-corrected chi connectivity index (χ2v) is 3.85. The first-order valence-electron chi connectivity index (χ1n) is 4.43. The Morgan fingerprint density at radius 3 is 2.55 bits per heavy atom. The normalized spacial score (nSPS) is 37.5. The number of aliphatic hydroxyl groups excluding tert-OH is 1. The summed E-state index contributed by atoms with van der Waals surface area (Å²) in [6, 6.07) is 0. The standard InChI is InChI=1S/C10H18O/c1-7(2)9-5-4-8(3)10(9)6-11/h8-11H,1,4-6H2,2-3H3/t8-,9-,10+/m0/s1. The molecule has 1 aliphatic carbocycles.